The number of aliphatic hydroxyl groups excluding tert-OH is 1. The Labute approximate surface area is 97.6 Å². The number of nitrogens with one attached hydrogen (secondary N) is 2. The molecular formula is C11H24N2O3. The van der Waals surface area contributed by atoms with Crippen LogP contribution in [0.1, 0.15) is 26.7 Å². The van der Waals surface area contributed by atoms with Crippen LogP contribution in [0.15, 0.2) is 0 Å². The molecule has 0 aromatic carbocycles. The lowest BCUT2D eigenvalue weighted by atomic mass is 10.2. The molecule has 3 N–H and O–H groups in total. The highest BCUT2D eigenvalue weighted by Crippen LogP contribution is 1.98. The summed E-state index contributed by atoms with van der Waals surface area (Å²) in [5.41, 5.74) is 0. The van der Waals surface area contributed by atoms with Crippen molar-refractivity contribution in [3.8, 4) is 0 Å². The summed E-state index contributed by atoms with van der Waals surface area (Å²) < 4.78 is 5.05. The highest BCUT2D eigenvalue weighted by molar-refractivity contribution is 5.75. The molecule has 16 heavy (non-hydrogen) atoms. The number of carbonyl (C=O) groups is 1. The molecule has 1 amide bonds. The van der Waals surface area contributed by atoms with Gasteiger partial charge in [-0.15, -0.1) is 0 Å². The van der Waals surface area contributed by atoms with Crippen molar-refractivity contribution in [2.24, 2.45) is 0 Å². The minimum Gasteiger partial charge on any atom is -0.392 e. The summed E-state index contributed by atoms with van der Waals surface area (Å²) >= 11 is 0. The van der Waals surface area contributed by atoms with E-state index in [2.05, 4.69) is 10.6 Å². The zero-order chi connectivity index (χ0) is 12.4. The average Bonchev–Trinajstić information content (AvgIpc) is 2.24. The molecule has 0 aliphatic heterocycles. The number of aliphatic hydroxyl groups is 1. The second-order valence-electron chi connectivity index (χ2n) is 3.99. The zero-order valence-electron chi connectivity index (χ0n) is 10.5. The molecule has 0 aliphatic carbocycles. The van der Waals surface area contributed by atoms with Gasteiger partial charge >= 0.3 is 0 Å². The van der Waals surface area contributed by atoms with E-state index in [4.69, 9.17) is 9.84 Å². The van der Waals surface area contributed by atoms with Crippen LogP contribution >= 0.6 is 0 Å². The van der Waals surface area contributed by atoms with Gasteiger partial charge in [0.1, 0.15) is 0 Å². The van der Waals surface area contributed by atoms with Gasteiger partial charge in [0.15, 0.2) is 0 Å². The van der Waals surface area contributed by atoms with E-state index in [1.54, 1.807) is 14.0 Å². The Balaban J connectivity index is 3.30. The van der Waals surface area contributed by atoms with E-state index in [1.165, 1.54) is 0 Å². The Bertz CT molecular complexity index is 186. The van der Waals surface area contributed by atoms with Crippen LogP contribution in [-0.2, 0) is 9.53 Å². The van der Waals surface area contributed by atoms with E-state index in [9.17, 15) is 4.79 Å². The Kier molecular flexibility index (Phi) is 9.18. The Morgan fingerprint density at radius 3 is 2.62 bits per heavy atom. The third-order valence-electron chi connectivity index (χ3n) is 2.24. The fourth-order valence-electron chi connectivity index (χ4n) is 1.14. The van der Waals surface area contributed by atoms with E-state index in [0.717, 1.165) is 6.42 Å². The first kappa shape index (κ1) is 15.3. The maximum absolute atomic E-state index is 11.3. The lowest BCUT2D eigenvalue weighted by Crippen LogP contribution is -2.34. The van der Waals surface area contributed by atoms with Gasteiger partial charge in [0.25, 0.3) is 0 Å². The van der Waals surface area contributed by atoms with Crippen molar-refractivity contribution in [1.29, 1.82) is 0 Å². The lowest BCUT2D eigenvalue weighted by Gasteiger charge is -2.10. The van der Waals surface area contributed by atoms with Gasteiger partial charge in [-0.25, -0.2) is 0 Å². The van der Waals surface area contributed by atoms with Crippen molar-refractivity contribution < 1.29 is 14.6 Å². The first-order chi connectivity index (χ1) is 7.56. The largest absolute Gasteiger partial charge is 0.392 e. The van der Waals surface area contributed by atoms with Gasteiger partial charge in [0.05, 0.1) is 12.2 Å². The van der Waals surface area contributed by atoms with E-state index >= 15 is 0 Å². The third kappa shape index (κ3) is 9.89. The summed E-state index contributed by atoms with van der Waals surface area (Å²) in [6.07, 6.45) is 1.01. The van der Waals surface area contributed by atoms with Gasteiger partial charge in [0.2, 0.25) is 5.91 Å². The van der Waals surface area contributed by atoms with Crippen LogP contribution in [0, 0.1) is 0 Å². The molecule has 96 valence electrons. The standard InChI is InChI=1S/C11H24N2O3/c1-9(14)8-12-6-7-13-11(15)5-4-10(2)16-3/h9-10,12,14H,4-8H2,1-3H3,(H,13,15). The Morgan fingerprint density at radius 2 is 2.06 bits per heavy atom. The first-order valence-electron chi connectivity index (χ1n) is 5.74. The van der Waals surface area contributed by atoms with Crippen LogP contribution in [0.3, 0.4) is 0 Å². The molecule has 5 heteroatoms. The summed E-state index contributed by atoms with van der Waals surface area (Å²) in [6, 6.07) is 0. The highest BCUT2D eigenvalue weighted by Gasteiger charge is 2.04. The summed E-state index contributed by atoms with van der Waals surface area (Å²) in [7, 11) is 1.64. The number of hydrogen-bond donors (Lipinski definition) is 3. The third-order valence-corrected chi connectivity index (χ3v) is 2.24. The number of carbonyl (C=O) groups excluding carboxylic acids is 1. The Hall–Kier alpha value is -0.650. The molecule has 0 bridgehead atoms. The Morgan fingerprint density at radius 1 is 1.38 bits per heavy atom. The van der Waals surface area contributed by atoms with Gasteiger partial charge in [-0.1, -0.05) is 0 Å². The first-order valence-corrected chi connectivity index (χ1v) is 5.74. The maximum Gasteiger partial charge on any atom is 0.220 e. The van der Waals surface area contributed by atoms with Crippen LogP contribution in [-0.4, -0.2) is 50.0 Å². The van der Waals surface area contributed by atoms with Crippen molar-refractivity contribution in [2.45, 2.75) is 38.9 Å². The molecule has 0 spiro atoms. The van der Waals surface area contributed by atoms with Gasteiger partial charge in [-0.3, -0.25) is 4.79 Å². The van der Waals surface area contributed by atoms with Crippen LogP contribution < -0.4 is 10.6 Å². The van der Waals surface area contributed by atoms with Gasteiger partial charge in [-0.05, 0) is 20.3 Å². The summed E-state index contributed by atoms with van der Waals surface area (Å²) in [6.45, 7) is 5.48. The van der Waals surface area contributed by atoms with E-state index < -0.39 is 0 Å². The molecule has 0 radical (unpaired) electrons. The fourth-order valence-corrected chi connectivity index (χ4v) is 1.14. The van der Waals surface area contributed by atoms with Crippen molar-refractivity contribution in [3.63, 3.8) is 0 Å². The van der Waals surface area contributed by atoms with Crippen LogP contribution in [0.5, 0.6) is 0 Å². The smallest absolute Gasteiger partial charge is 0.220 e. The summed E-state index contributed by atoms with van der Waals surface area (Å²) in [5, 5.41) is 14.8. The van der Waals surface area contributed by atoms with E-state index in [1.807, 2.05) is 6.92 Å². The van der Waals surface area contributed by atoms with Crippen molar-refractivity contribution >= 4 is 5.91 Å². The predicted octanol–water partition coefficient (Wildman–Crippen LogP) is -0.112. The molecular weight excluding hydrogens is 208 g/mol. The average molecular weight is 232 g/mol. The molecule has 5 nitrogen and oxygen atoms in total. The second kappa shape index (κ2) is 9.57. The highest BCUT2D eigenvalue weighted by atomic mass is 16.5. The monoisotopic (exact) mass is 232 g/mol. The predicted molar refractivity (Wildman–Crippen MR) is 63.3 cm³/mol. The van der Waals surface area contributed by atoms with E-state index in [0.29, 0.717) is 26.1 Å². The zero-order valence-corrected chi connectivity index (χ0v) is 10.5. The molecule has 0 aliphatic rings. The molecule has 0 fully saturated rings. The van der Waals surface area contributed by atoms with Crippen LogP contribution in [0.4, 0.5) is 0 Å². The molecule has 0 aromatic heterocycles. The molecule has 0 saturated heterocycles. The minimum atomic E-state index is -0.349. The number of rotatable bonds is 9. The van der Waals surface area contributed by atoms with Crippen molar-refractivity contribution in [2.75, 3.05) is 26.7 Å². The minimum absolute atomic E-state index is 0.0442. The fraction of sp³-hybridized carbons (Fsp3) is 0.909. The quantitative estimate of drug-likeness (QED) is 0.485. The van der Waals surface area contributed by atoms with Crippen molar-refractivity contribution in [1.82, 2.24) is 10.6 Å². The van der Waals surface area contributed by atoms with Crippen LogP contribution in [0.2, 0.25) is 0 Å². The molecule has 2 unspecified atom stereocenters. The lowest BCUT2D eigenvalue weighted by molar-refractivity contribution is -0.121. The molecule has 0 aromatic rings. The number of methoxy groups -OCH3 is 1. The maximum atomic E-state index is 11.3. The molecule has 0 rings (SSSR count). The van der Waals surface area contributed by atoms with Crippen LogP contribution in [0.25, 0.3) is 0 Å². The molecule has 2 atom stereocenters. The van der Waals surface area contributed by atoms with E-state index in [-0.39, 0.29) is 18.1 Å². The van der Waals surface area contributed by atoms with Gasteiger partial charge in [0, 0.05) is 33.2 Å². The molecule has 0 saturated carbocycles. The summed E-state index contributed by atoms with van der Waals surface area (Å²) in [5.74, 6) is 0.0442. The molecule has 0 heterocycles. The van der Waals surface area contributed by atoms with Crippen molar-refractivity contribution in [3.05, 3.63) is 0 Å². The van der Waals surface area contributed by atoms with Gasteiger partial charge < -0.3 is 20.5 Å². The topological polar surface area (TPSA) is 70.6 Å². The SMILES string of the molecule is COC(C)CCC(=O)NCCNCC(C)O. The normalized spacial score (nSPS) is 14.5. The number of hydrogen-bond acceptors (Lipinski definition) is 4. The number of ether oxygens (including phenoxy) is 1. The van der Waals surface area contributed by atoms with Gasteiger partial charge in [-0.2, -0.15) is 0 Å². The number of amides is 1. The second-order valence-corrected chi connectivity index (χ2v) is 3.99. The summed E-state index contributed by atoms with van der Waals surface area (Å²) in [4.78, 5) is 11.3.